The van der Waals surface area contributed by atoms with Crippen molar-refractivity contribution in [2.75, 3.05) is 5.32 Å². The number of carbonyl (C=O) groups is 2. The summed E-state index contributed by atoms with van der Waals surface area (Å²) in [5.74, 6) is -0.200. The van der Waals surface area contributed by atoms with E-state index < -0.39 is 0 Å². The fraction of sp³-hybridized carbons (Fsp3) is 0.250. The third-order valence-electron chi connectivity index (χ3n) is 3.93. The molecule has 3 rings (SSSR count). The highest BCUT2D eigenvalue weighted by Crippen LogP contribution is 2.31. The number of aromatic nitrogens is 1. The Balaban J connectivity index is 1.60. The highest BCUT2D eigenvalue weighted by molar-refractivity contribution is 7.22. The first-order valence-corrected chi connectivity index (χ1v) is 10.3. The predicted octanol–water partition coefficient (Wildman–Crippen LogP) is 4.70. The van der Waals surface area contributed by atoms with E-state index in [9.17, 15) is 9.59 Å². The van der Waals surface area contributed by atoms with Crippen LogP contribution < -0.4 is 10.6 Å². The van der Waals surface area contributed by atoms with Gasteiger partial charge < -0.3 is 10.6 Å². The molecular weight excluding hydrogens is 378 g/mol. The van der Waals surface area contributed by atoms with Crippen LogP contribution in [0.3, 0.4) is 0 Å². The van der Waals surface area contributed by atoms with Crippen molar-refractivity contribution in [3.63, 3.8) is 0 Å². The standard InChI is InChI=1S/C20H21N3O2S2/c1-12(2)18(24)23-15-8-6-14(7-9-15)11-21-19(25)17-13(3)22-20(27-17)16-5-4-10-26-16/h4-10,12H,11H2,1-3H3,(H,21,25)(H,23,24). The normalized spacial score (nSPS) is 10.8. The lowest BCUT2D eigenvalue weighted by atomic mass is 10.1. The van der Waals surface area contributed by atoms with Crippen molar-refractivity contribution in [1.82, 2.24) is 10.3 Å². The maximum absolute atomic E-state index is 12.5. The minimum atomic E-state index is -0.120. The van der Waals surface area contributed by atoms with Crippen LogP contribution in [0, 0.1) is 12.8 Å². The van der Waals surface area contributed by atoms with Crippen molar-refractivity contribution in [1.29, 1.82) is 0 Å². The number of aryl methyl sites for hydroxylation is 1. The molecule has 0 atom stereocenters. The first-order chi connectivity index (χ1) is 12.9. The number of thiazole rings is 1. The first-order valence-electron chi connectivity index (χ1n) is 8.63. The molecule has 1 aromatic carbocycles. The molecule has 0 spiro atoms. The van der Waals surface area contributed by atoms with Gasteiger partial charge in [0, 0.05) is 18.2 Å². The molecule has 0 aliphatic rings. The Morgan fingerprint density at radius 3 is 2.52 bits per heavy atom. The fourth-order valence-corrected chi connectivity index (χ4v) is 4.15. The Labute approximate surface area is 166 Å². The van der Waals surface area contributed by atoms with E-state index in [4.69, 9.17) is 0 Å². The molecule has 0 fully saturated rings. The Hall–Kier alpha value is -2.51. The molecule has 3 aromatic rings. The van der Waals surface area contributed by atoms with Crippen LogP contribution in [0.2, 0.25) is 0 Å². The highest BCUT2D eigenvalue weighted by Gasteiger charge is 2.16. The van der Waals surface area contributed by atoms with Gasteiger partial charge in [-0.2, -0.15) is 0 Å². The van der Waals surface area contributed by atoms with Crippen LogP contribution in [0.25, 0.3) is 9.88 Å². The summed E-state index contributed by atoms with van der Waals surface area (Å²) < 4.78 is 0. The number of hydrogen-bond donors (Lipinski definition) is 2. The largest absolute Gasteiger partial charge is 0.347 e. The van der Waals surface area contributed by atoms with Gasteiger partial charge in [-0.3, -0.25) is 9.59 Å². The second-order valence-electron chi connectivity index (χ2n) is 6.43. The summed E-state index contributed by atoms with van der Waals surface area (Å²) in [5, 5.41) is 8.66. The summed E-state index contributed by atoms with van der Waals surface area (Å²) in [5.41, 5.74) is 2.46. The van der Waals surface area contributed by atoms with Crippen LogP contribution in [0.1, 0.15) is 34.8 Å². The molecular formula is C20H21N3O2S2. The van der Waals surface area contributed by atoms with Crippen LogP contribution in [0.5, 0.6) is 0 Å². The van der Waals surface area contributed by atoms with Crippen LogP contribution in [-0.4, -0.2) is 16.8 Å². The second-order valence-corrected chi connectivity index (χ2v) is 8.38. The second kappa shape index (κ2) is 8.45. The number of hydrogen-bond acceptors (Lipinski definition) is 5. The van der Waals surface area contributed by atoms with Gasteiger partial charge in [-0.15, -0.1) is 22.7 Å². The first kappa shape index (κ1) is 19.3. The van der Waals surface area contributed by atoms with Crippen molar-refractivity contribution in [2.24, 2.45) is 5.92 Å². The van der Waals surface area contributed by atoms with Gasteiger partial charge in [-0.25, -0.2) is 4.98 Å². The average molecular weight is 400 g/mol. The van der Waals surface area contributed by atoms with Gasteiger partial charge in [0.15, 0.2) is 0 Å². The number of rotatable bonds is 6. The number of amides is 2. The Morgan fingerprint density at radius 2 is 1.89 bits per heavy atom. The molecule has 2 N–H and O–H groups in total. The Morgan fingerprint density at radius 1 is 1.15 bits per heavy atom. The molecule has 0 bridgehead atoms. The highest BCUT2D eigenvalue weighted by atomic mass is 32.1. The van der Waals surface area contributed by atoms with Crippen molar-refractivity contribution in [3.8, 4) is 9.88 Å². The smallest absolute Gasteiger partial charge is 0.263 e. The van der Waals surface area contributed by atoms with E-state index in [-0.39, 0.29) is 17.7 Å². The van der Waals surface area contributed by atoms with Gasteiger partial charge in [-0.1, -0.05) is 32.0 Å². The van der Waals surface area contributed by atoms with Gasteiger partial charge in [0.05, 0.1) is 10.6 Å². The minimum Gasteiger partial charge on any atom is -0.347 e. The van der Waals surface area contributed by atoms with Crippen molar-refractivity contribution < 1.29 is 9.59 Å². The van der Waals surface area contributed by atoms with E-state index in [2.05, 4.69) is 15.6 Å². The summed E-state index contributed by atoms with van der Waals surface area (Å²) in [4.78, 5) is 30.4. The maximum Gasteiger partial charge on any atom is 0.263 e. The zero-order chi connectivity index (χ0) is 19.4. The third kappa shape index (κ3) is 4.81. The number of anilines is 1. The monoisotopic (exact) mass is 399 g/mol. The van der Waals surface area contributed by atoms with E-state index in [1.807, 2.05) is 62.5 Å². The third-order valence-corrected chi connectivity index (χ3v) is 6.13. The fourth-order valence-electron chi connectivity index (χ4n) is 2.37. The molecule has 0 aliphatic carbocycles. The van der Waals surface area contributed by atoms with Gasteiger partial charge >= 0.3 is 0 Å². The molecule has 2 aromatic heterocycles. The lowest BCUT2D eigenvalue weighted by Crippen LogP contribution is -2.22. The van der Waals surface area contributed by atoms with Gasteiger partial charge in [0.1, 0.15) is 9.88 Å². The van der Waals surface area contributed by atoms with Crippen LogP contribution in [-0.2, 0) is 11.3 Å². The molecule has 0 saturated heterocycles. The quantitative estimate of drug-likeness (QED) is 0.631. The van der Waals surface area contributed by atoms with Crippen molar-refractivity contribution >= 4 is 40.2 Å². The number of thiophene rings is 1. The zero-order valence-corrected chi connectivity index (χ0v) is 17.0. The molecule has 0 unspecified atom stereocenters. The van der Waals surface area contributed by atoms with Crippen molar-refractivity contribution in [2.45, 2.75) is 27.3 Å². The number of benzene rings is 1. The molecule has 2 amide bonds. The predicted molar refractivity (Wildman–Crippen MR) is 111 cm³/mol. The molecule has 2 heterocycles. The molecule has 140 valence electrons. The lowest BCUT2D eigenvalue weighted by molar-refractivity contribution is -0.118. The van der Waals surface area contributed by atoms with Gasteiger partial charge in [-0.05, 0) is 36.1 Å². The SMILES string of the molecule is Cc1nc(-c2cccs2)sc1C(=O)NCc1ccc(NC(=O)C(C)C)cc1. The van der Waals surface area contributed by atoms with Crippen molar-refractivity contribution in [3.05, 3.63) is 57.9 Å². The molecule has 0 saturated carbocycles. The lowest BCUT2D eigenvalue weighted by Gasteiger charge is -2.09. The summed E-state index contributed by atoms with van der Waals surface area (Å²) >= 11 is 3.03. The maximum atomic E-state index is 12.5. The molecule has 7 heteroatoms. The van der Waals surface area contributed by atoms with Crippen LogP contribution in [0.15, 0.2) is 41.8 Å². The summed E-state index contributed by atoms with van der Waals surface area (Å²) in [6.45, 7) is 5.98. The summed E-state index contributed by atoms with van der Waals surface area (Å²) in [6, 6.07) is 11.5. The molecule has 5 nitrogen and oxygen atoms in total. The van der Waals surface area contributed by atoms with Gasteiger partial charge in [0.2, 0.25) is 5.91 Å². The number of carbonyl (C=O) groups excluding carboxylic acids is 2. The summed E-state index contributed by atoms with van der Waals surface area (Å²) in [6.07, 6.45) is 0. The topological polar surface area (TPSA) is 71.1 Å². The van der Waals surface area contributed by atoms with E-state index >= 15 is 0 Å². The minimum absolute atomic E-state index is 0.0155. The number of nitrogens with one attached hydrogen (secondary N) is 2. The molecule has 0 aliphatic heterocycles. The van der Waals surface area contributed by atoms with Gasteiger partial charge in [0.25, 0.3) is 5.91 Å². The average Bonchev–Trinajstić information content (AvgIpc) is 3.30. The summed E-state index contributed by atoms with van der Waals surface area (Å²) in [7, 11) is 0. The molecule has 27 heavy (non-hydrogen) atoms. The number of nitrogens with zero attached hydrogens (tertiary/aromatic N) is 1. The zero-order valence-electron chi connectivity index (χ0n) is 15.4. The van der Waals surface area contributed by atoms with Crippen LogP contribution >= 0.6 is 22.7 Å². The van der Waals surface area contributed by atoms with Crippen LogP contribution in [0.4, 0.5) is 5.69 Å². The van der Waals surface area contributed by atoms with E-state index in [0.717, 1.165) is 26.8 Å². The van der Waals surface area contributed by atoms with E-state index in [0.29, 0.717) is 11.4 Å². The Kier molecular flexibility index (Phi) is 6.03. The molecule has 0 radical (unpaired) electrons. The Bertz CT molecular complexity index is 929. The van der Waals surface area contributed by atoms with E-state index in [1.165, 1.54) is 11.3 Å². The van der Waals surface area contributed by atoms with E-state index in [1.54, 1.807) is 11.3 Å².